The number of piperidine rings is 1. The van der Waals surface area contributed by atoms with E-state index in [2.05, 4.69) is 22.1 Å². The Hall–Kier alpha value is -1.88. The molecular formula is C17H21N3OS. The van der Waals surface area contributed by atoms with E-state index in [9.17, 15) is 4.79 Å². The number of aromatic nitrogens is 1. The molecule has 1 aliphatic heterocycles. The molecule has 1 amide bonds. The van der Waals surface area contributed by atoms with Gasteiger partial charge in [0.25, 0.3) is 5.91 Å². The van der Waals surface area contributed by atoms with Gasteiger partial charge in [0.15, 0.2) is 0 Å². The minimum absolute atomic E-state index is 0.0699. The third-order valence-corrected chi connectivity index (χ3v) is 4.87. The van der Waals surface area contributed by atoms with Crippen molar-refractivity contribution in [3.05, 3.63) is 46.3 Å². The molecule has 0 aliphatic carbocycles. The van der Waals surface area contributed by atoms with Crippen LogP contribution in [0.5, 0.6) is 0 Å². The number of pyridine rings is 1. The quantitative estimate of drug-likeness (QED) is 0.941. The molecule has 3 rings (SSSR count). The average Bonchev–Trinajstić information content (AvgIpc) is 3.06. The van der Waals surface area contributed by atoms with Gasteiger partial charge in [0.2, 0.25) is 0 Å². The number of carbonyl (C=O) groups excluding carboxylic acids is 1. The van der Waals surface area contributed by atoms with E-state index < -0.39 is 0 Å². The summed E-state index contributed by atoms with van der Waals surface area (Å²) in [5, 5.41) is 4.94. The van der Waals surface area contributed by atoms with Crippen LogP contribution in [-0.2, 0) is 6.54 Å². The van der Waals surface area contributed by atoms with Crippen molar-refractivity contribution in [2.45, 2.75) is 26.3 Å². The molecule has 0 saturated carbocycles. The number of rotatable bonds is 4. The Morgan fingerprint density at radius 2 is 2.36 bits per heavy atom. The number of anilines is 1. The third kappa shape index (κ3) is 3.65. The number of carbonyl (C=O) groups is 1. The van der Waals surface area contributed by atoms with Crippen molar-refractivity contribution in [3.63, 3.8) is 0 Å². The SMILES string of the molecule is C[C@H]1CCCN(c2ccc(C(=O)NCc3cccs3)cn2)C1. The minimum Gasteiger partial charge on any atom is -0.356 e. The third-order valence-electron chi connectivity index (χ3n) is 3.99. The first-order chi connectivity index (χ1) is 10.7. The van der Waals surface area contributed by atoms with E-state index in [1.54, 1.807) is 17.5 Å². The van der Waals surface area contributed by atoms with E-state index in [0.29, 0.717) is 18.0 Å². The van der Waals surface area contributed by atoms with Crippen LogP contribution in [0.25, 0.3) is 0 Å². The molecule has 5 heteroatoms. The van der Waals surface area contributed by atoms with E-state index in [4.69, 9.17) is 0 Å². The Balaban J connectivity index is 1.59. The Morgan fingerprint density at radius 1 is 1.45 bits per heavy atom. The number of thiophene rings is 1. The molecule has 3 heterocycles. The highest BCUT2D eigenvalue weighted by Crippen LogP contribution is 2.21. The van der Waals surface area contributed by atoms with Gasteiger partial charge in [-0.1, -0.05) is 13.0 Å². The first-order valence-electron chi connectivity index (χ1n) is 7.74. The molecule has 0 aromatic carbocycles. The maximum absolute atomic E-state index is 12.1. The van der Waals surface area contributed by atoms with E-state index in [0.717, 1.165) is 23.8 Å². The van der Waals surface area contributed by atoms with Crippen molar-refractivity contribution in [3.8, 4) is 0 Å². The van der Waals surface area contributed by atoms with Crippen LogP contribution in [-0.4, -0.2) is 24.0 Å². The summed E-state index contributed by atoms with van der Waals surface area (Å²) in [6.45, 7) is 4.96. The highest BCUT2D eigenvalue weighted by Gasteiger charge is 2.17. The van der Waals surface area contributed by atoms with Crippen LogP contribution < -0.4 is 10.2 Å². The number of hydrogen-bond acceptors (Lipinski definition) is 4. The van der Waals surface area contributed by atoms with E-state index >= 15 is 0 Å². The highest BCUT2D eigenvalue weighted by molar-refractivity contribution is 7.09. The van der Waals surface area contributed by atoms with Gasteiger partial charge in [-0.2, -0.15) is 0 Å². The summed E-state index contributed by atoms with van der Waals surface area (Å²) in [6.07, 6.45) is 4.18. The van der Waals surface area contributed by atoms with Gasteiger partial charge in [0, 0.05) is 24.2 Å². The lowest BCUT2D eigenvalue weighted by Gasteiger charge is -2.31. The van der Waals surface area contributed by atoms with Crippen LogP contribution in [0.15, 0.2) is 35.8 Å². The fraction of sp³-hybridized carbons (Fsp3) is 0.412. The predicted molar refractivity (Wildman–Crippen MR) is 90.3 cm³/mol. The van der Waals surface area contributed by atoms with Crippen LogP contribution in [0.3, 0.4) is 0 Å². The van der Waals surface area contributed by atoms with E-state index in [-0.39, 0.29) is 5.91 Å². The largest absolute Gasteiger partial charge is 0.356 e. The van der Waals surface area contributed by atoms with Crippen molar-refractivity contribution >= 4 is 23.1 Å². The Kier molecular flexibility index (Phi) is 4.73. The minimum atomic E-state index is -0.0699. The van der Waals surface area contributed by atoms with Crippen LogP contribution in [0, 0.1) is 5.92 Å². The van der Waals surface area contributed by atoms with Crippen molar-refractivity contribution in [1.82, 2.24) is 10.3 Å². The van der Waals surface area contributed by atoms with Gasteiger partial charge in [-0.15, -0.1) is 11.3 Å². The maximum atomic E-state index is 12.1. The molecular weight excluding hydrogens is 294 g/mol. The molecule has 1 aliphatic rings. The molecule has 22 heavy (non-hydrogen) atoms. The van der Waals surface area contributed by atoms with Gasteiger partial charge in [0.1, 0.15) is 5.82 Å². The topological polar surface area (TPSA) is 45.2 Å². The van der Waals surface area contributed by atoms with Gasteiger partial charge in [-0.05, 0) is 42.3 Å². The number of nitrogens with one attached hydrogen (secondary N) is 1. The zero-order valence-electron chi connectivity index (χ0n) is 12.8. The van der Waals surface area contributed by atoms with Crippen molar-refractivity contribution < 1.29 is 4.79 Å². The van der Waals surface area contributed by atoms with Crippen molar-refractivity contribution in [2.24, 2.45) is 5.92 Å². The summed E-state index contributed by atoms with van der Waals surface area (Å²) in [4.78, 5) is 20.1. The molecule has 1 saturated heterocycles. The predicted octanol–water partition coefficient (Wildman–Crippen LogP) is 3.31. The molecule has 0 unspecified atom stereocenters. The highest BCUT2D eigenvalue weighted by atomic mass is 32.1. The Labute approximate surface area is 135 Å². The number of amides is 1. The van der Waals surface area contributed by atoms with Crippen LogP contribution in [0.1, 0.15) is 35.0 Å². The van der Waals surface area contributed by atoms with E-state index in [1.165, 1.54) is 12.8 Å². The molecule has 0 bridgehead atoms. The lowest BCUT2D eigenvalue weighted by Crippen LogP contribution is -2.34. The number of hydrogen-bond donors (Lipinski definition) is 1. The molecule has 116 valence electrons. The van der Waals surface area contributed by atoms with Gasteiger partial charge >= 0.3 is 0 Å². The standard InChI is InChI=1S/C17H21N3OS/c1-13-4-2-8-20(12-13)16-7-6-14(10-18-16)17(21)19-11-15-5-3-9-22-15/h3,5-7,9-10,13H,2,4,8,11-12H2,1H3,(H,19,21)/t13-/m0/s1. The summed E-state index contributed by atoms with van der Waals surface area (Å²) >= 11 is 1.64. The first kappa shape index (κ1) is 15.0. The normalized spacial score (nSPS) is 18.2. The first-order valence-corrected chi connectivity index (χ1v) is 8.62. The van der Waals surface area contributed by atoms with Gasteiger partial charge in [-0.25, -0.2) is 4.98 Å². The number of nitrogens with zero attached hydrogens (tertiary/aromatic N) is 2. The zero-order valence-corrected chi connectivity index (χ0v) is 13.6. The molecule has 1 fully saturated rings. The summed E-state index contributed by atoms with van der Waals surface area (Å²) in [5.74, 6) is 1.62. The van der Waals surface area contributed by atoms with Crippen LogP contribution in [0.2, 0.25) is 0 Å². The molecule has 0 radical (unpaired) electrons. The second kappa shape index (κ2) is 6.92. The van der Waals surface area contributed by atoms with Crippen molar-refractivity contribution in [1.29, 1.82) is 0 Å². The van der Waals surface area contributed by atoms with Gasteiger partial charge in [0.05, 0.1) is 12.1 Å². The maximum Gasteiger partial charge on any atom is 0.253 e. The van der Waals surface area contributed by atoms with Crippen LogP contribution >= 0.6 is 11.3 Å². The van der Waals surface area contributed by atoms with Crippen LogP contribution in [0.4, 0.5) is 5.82 Å². The van der Waals surface area contributed by atoms with Gasteiger partial charge in [-0.3, -0.25) is 4.79 Å². The molecule has 2 aromatic heterocycles. The fourth-order valence-electron chi connectivity index (χ4n) is 2.79. The smallest absolute Gasteiger partial charge is 0.253 e. The Morgan fingerprint density at radius 3 is 3.05 bits per heavy atom. The molecule has 0 spiro atoms. The summed E-state index contributed by atoms with van der Waals surface area (Å²) in [5.41, 5.74) is 0.616. The van der Waals surface area contributed by atoms with E-state index in [1.807, 2.05) is 29.6 Å². The molecule has 4 nitrogen and oxygen atoms in total. The second-order valence-corrected chi connectivity index (χ2v) is 6.89. The van der Waals surface area contributed by atoms with Gasteiger partial charge < -0.3 is 10.2 Å². The van der Waals surface area contributed by atoms with Crippen molar-refractivity contribution in [2.75, 3.05) is 18.0 Å². The molecule has 1 atom stereocenters. The fourth-order valence-corrected chi connectivity index (χ4v) is 3.43. The second-order valence-electron chi connectivity index (χ2n) is 5.86. The molecule has 2 aromatic rings. The summed E-state index contributed by atoms with van der Waals surface area (Å²) < 4.78 is 0. The molecule has 1 N–H and O–H groups in total. The lowest BCUT2D eigenvalue weighted by atomic mass is 10.0. The monoisotopic (exact) mass is 315 g/mol. The zero-order chi connectivity index (χ0) is 15.4. The average molecular weight is 315 g/mol. The lowest BCUT2D eigenvalue weighted by molar-refractivity contribution is 0.0951. The summed E-state index contributed by atoms with van der Waals surface area (Å²) in [7, 11) is 0. The Bertz CT molecular complexity index is 609. The summed E-state index contributed by atoms with van der Waals surface area (Å²) in [6, 6.07) is 7.83.